The van der Waals surface area contributed by atoms with Crippen LogP contribution in [-0.2, 0) is 29.1 Å². The number of hydrogen-bond donors (Lipinski definition) is 0. The van der Waals surface area contributed by atoms with Crippen molar-refractivity contribution in [2.24, 2.45) is 0 Å². The smallest absolute Gasteiger partial charge is 0.334 e. The standard InChI is InChI=1S/C10H18N2O6S/c1-17-9(13)8(10(14)18-2)11-4-6-12(7-5-11)19(3,15)16/h8H,4-7H2,1-3H3. The Kier molecular flexibility index (Phi) is 5.27. The molecule has 0 spiro atoms. The second-order valence-electron chi connectivity index (χ2n) is 4.15. The highest BCUT2D eigenvalue weighted by molar-refractivity contribution is 7.88. The van der Waals surface area contributed by atoms with Crippen LogP contribution in [0, 0.1) is 0 Å². The number of sulfonamides is 1. The number of carbonyl (C=O) groups is 2. The van der Waals surface area contributed by atoms with Crippen molar-refractivity contribution in [3.05, 3.63) is 0 Å². The van der Waals surface area contributed by atoms with E-state index in [1.54, 1.807) is 4.90 Å². The number of methoxy groups -OCH3 is 2. The SMILES string of the molecule is COC(=O)C(C(=O)OC)N1CCN(S(C)(=O)=O)CC1. The summed E-state index contributed by atoms with van der Waals surface area (Å²) in [6.07, 6.45) is 1.13. The van der Waals surface area contributed by atoms with Gasteiger partial charge in [-0.15, -0.1) is 0 Å². The molecule has 19 heavy (non-hydrogen) atoms. The Morgan fingerprint density at radius 2 is 1.42 bits per heavy atom. The van der Waals surface area contributed by atoms with Crippen LogP contribution >= 0.6 is 0 Å². The van der Waals surface area contributed by atoms with E-state index >= 15 is 0 Å². The molecule has 1 aliphatic rings. The number of ether oxygens (including phenoxy) is 2. The van der Waals surface area contributed by atoms with Crippen LogP contribution < -0.4 is 0 Å². The van der Waals surface area contributed by atoms with Gasteiger partial charge in [0.15, 0.2) is 0 Å². The van der Waals surface area contributed by atoms with Crippen LogP contribution in [0.1, 0.15) is 0 Å². The topological polar surface area (TPSA) is 93.2 Å². The Hall–Kier alpha value is -1.19. The van der Waals surface area contributed by atoms with Crippen LogP contribution in [0.25, 0.3) is 0 Å². The molecular weight excluding hydrogens is 276 g/mol. The first-order valence-corrected chi connectivity index (χ1v) is 7.51. The monoisotopic (exact) mass is 294 g/mol. The van der Waals surface area contributed by atoms with Gasteiger partial charge in [0.1, 0.15) is 0 Å². The van der Waals surface area contributed by atoms with E-state index in [-0.39, 0.29) is 26.2 Å². The summed E-state index contributed by atoms with van der Waals surface area (Å²) >= 11 is 0. The number of rotatable bonds is 4. The Bertz CT molecular complexity index is 425. The fourth-order valence-corrected chi connectivity index (χ4v) is 2.74. The summed E-state index contributed by atoms with van der Waals surface area (Å²) < 4.78 is 33.2. The predicted octanol–water partition coefficient (Wildman–Crippen LogP) is -1.72. The molecule has 8 nitrogen and oxygen atoms in total. The van der Waals surface area contributed by atoms with Gasteiger partial charge in [-0.2, -0.15) is 4.31 Å². The van der Waals surface area contributed by atoms with E-state index in [9.17, 15) is 18.0 Å². The number of piperazine rings is 1. The Balaban J connectivity index is 2.75. The molecular formula is C10H18N2O6S. The summed E-state index contributed by atoms with van der Waals surface area (Å²) in [5.74, 6) is -1.42. The molecule has 0 aromatic heterocycles. The molecule has 1 aliphatic heterocycles. The maximum atomic E-state index is 11.6. The van der Waals surface area contributed by atoms with Crippen molar-refractivity contribution in [1.29, 1.82) is 0 Å². The molecule has 1 rings (SSSR count). The average molecular weight is 294 g/mol. The highest BCUT2D eigenvalue weighted by Crippen LogP contribution is 2.11. The van der Waals surface area contributed by atoms with Crippen LogP contribution in [0.4, 0.5) is 0 Å². The third kappa shape index (κ3) is 3.88. The molecule has 1 fully saturated rings. The van der Waals surface area contributed by atoms with Gasteiger partial charge in [0.05, 0.1) is 20.5 Å². The second-order valence-corrected chi connectivity index (χ2v) is 6.13. The first kappa shape index (κ1) is 15.9. The van der Waals surface area contributed by atoms with Gasteiger partial charge < -0.3 is 9.47 Å². The van der Waals surface area contributed by atoms with Gasteiger partial charge in [-0.3, -0.25) is 4.90 Å². The molecule has 0 N–H and O–H groups in total. The van der Waals surface area contributed by atoms with Gasteiger partial charge in [0.2, 0.25) is 16.1 Å². The van der Waals surface area contributed by atoms with Crippen molar-refractivity contribution in [1.82, 2.24) is 9.21 Å². The van der Waals surface area contributed by atoms with Gasteiger partial charge in [-0.05, 0) is 0 Å². The Morgan fingerprint density at radius 1 is 1.00 bits per heavy atom. The quantitative estimate of drug-likeness (QED) is 0.449. The Labute approximate surface area is 112 Å². The maximum absolute atomic E-state index is 11.6. The molecule has 0 aromatic carbocycles. The normalized spacial score (nSPS) is 18.3. The second kappa shape index (κ2) is 6.31. The Morgan fingerprint density at radius 3 is 1.74 bits per heavy atom. The molecule has 9 heteroatoms. The molecule has 0 aromatic rings. The molecule has 0 aliphatic carbocycles. The largest absolute Gasteiger partial charge is 0.467 e. The molecule has 0 atom stereocenters. The minimum atomic E-state index is -3.25. The first-order chi connectivity index (χ1) is 8.81. The van der Waals surface area contributed by atoms with Crippen LogP contribution in [0.5, 0.6) is 0 Å². The van der Waals surface area contributed by atoms with E-state index in [1.807, 2.05) is 0 Å². The molecule has 1 heterocycles. The minimum absolute atomic E-state index is 0.226. The highest BCUT2D eigenvalue weighted by Gasteiger charge is 2.37. The predicted molar refractivity (Wildman–Crippen MR) is 65.8 cm³/mol. The molecule has 110 valence electrons. The summed E-state index contributed by atoms with van der Waals surface area (Å²) in [5.41, 5.74) is 0. The summed E-state index contributed by atoms with van der Waals surface area (Å²) in [4.78, 5) is 24.7. The minimum Gasteiger partial charge on any atom is -0.467 e. The van der Waals surface area contributed by atoms with Crippen molar-refractivity contribution in [3.8, 4) is 0 Å². The number of carbonyl (C=O) groups excluding carboxylic acids is 2. The maximum Gasteiger partial charge on any atom is 0.334 e. The van der Waals surface area contributed by atoms with Crippen LogP contribution in [0.3, 0.4) is 0 Å². The summed E-state index contributed by atoms with van der Waals surface area (Å²) in [6, 6.07) is -1.14. The molecule has 1 saturated heterocycles. The van der Waals surface area contributed by atoms with Crippen molar-refractivity contribution < 1.29 is 27.5 Å². The van der Waals surface area contributed by atoms with E-state index in [1.165, 1.54) is 18.5 Å². The van der Waals surface area contributed by atoms with Crippen molar-refractivity contribution >= 4 is 22.0 Å². The zero-order valence-electron chi connectivity index (χ0n) is 11.2. The van der Waals surface area contributed by atoms with Gasteiger partial charge in [0.25, 0.3) is 0 Å². The summed E-state index contributed by atoms with van der Waals surface area (Å²) in [7, 11) is -0.881. The lowest BCUT2D eigenvalue weighted by molar-refractivity contribution is -0.161. The van der Waals surface area contributed by atoms with E-state index in [4.69, 9.17) is 0 Å². The molecule has 0 unspecified atom stereocenters. The lowest BCUT2D eigenvalue weighted by atomic mass is 10.2. The van der Waals surface area contributed by atoms with Crippen LogP contribution in [0.2, 0.25) is 0 Å². The highest BCUT2D eigenvalue weighted by atomic mass is 32.2. The fourth-order valence-electron chi connectivity index (χ4n) is 1.91. The number of esters is 2. The van der Waals surface area contributed by atoms with E-state index in [0.717, 1.165) is 6.26 Å². The van der Waals surface area contributed by atoms with Crippen molar-refractivity contribution in [3.63, 3.8) is 0 Å². The van der Waals surface area contributed by atoms with E-state index in [0.29, 0.717) is 0 Å². The fraction of sp³-hybridized carbons (Fsp3) is 0.800. The zero-order valence-corrected chi connectivity index (χ0v) is 12.0. The van der Waals surface area contributed by atoms with Gasteiger partial charge >= 0.3 is 11.9 Å². The van der Waals surface area contributed by atoms with Gasteiger partial charge in [0, 0.05) is 26.2 Å². The van der Waals surface area contributed by atoms with Crippen molar-refractivity contribution in [2.45, 2.75) is 6.04 Å². The van der Waals surface area contributed by atoms with Gasteiger partial charge in [-0.1, -0.05) is 0 Å². The van der Waals surface area contributed by atoms with Crippen LogP contribution in [-0.4, -0.2) is 82.3 Å². The lowest BCUT2D eigenvalue weighted by Gasteiger charge is -2.35. The molecule has 0 bridgehead atoms. The average Bonchev–Trinajstić information content (AvgIpc) is 2.38. The lowest BCUT2D eigenvalue weighted by Crippen LogP contribution is -2.56. The van der Waals surface area contributed by atoms with Crippen molar-refractivity contribution in [2.75, 3.05) is 46.7 Å². The zero-order chi connectivity index (χ0) is 14.6. The molecule has 0 saturated carbocycles. The van der Waals surface area contributed by atoms with Crippen LogP contribution in [0.15, 0.2) is 0 Å². The summed E-state index contributed by atoms with van der Waals surface area (Å²) in [5, 5.41) is 0. The number of hydrogen-bond acceptors (Lipinski definition) is 7. The summed E-state index contributed by atoms with van der Waals surface area (Å²) in [6.45, 7) is 0.983. The van der Waals surface area contributed by atoms with E-state index < -0.39 is 28.0 Å². The number of nitrogens with zero attached hydrogens (tertiary/aromatic N) is 2. The van der Waals surface area contributed by atoms with E-state index in [2.05, 4.69) is 9.47 Å². The molecule has 0 amide bonds. The van der Waals surface area contributed by atoms with Gasteiger partial charge in [-0.25, -0.2) is 18.0 Å². The third-order valence-corrected chi connectivity index (χ3v) is 4.26. The molecule has 0 radical (unpaired) electrons. The first-order valence-electron chi connectivity index (χ1n) is 5.66. The third-order valence-electron chi connectivity index (χ3n) is 2.96.